The second kappa shape index (κ2) is 6.16. The second-order valence-electron chi connectivity index (χ2n) is 3.90. The van der Waals surface area contributed by atoms with Crippen LogP contribution in [-0.4, -0.2) is 16.8 Å². The van der Waals surface area contributed by atoms with Gasteiger partial charge in [0, 0.05) is 13.5 Å². The van der Waals surface area contributed by atoms with E-state index < -0.39 is 0 Å². The zero-order chi connectivity index (χ0) is 12.8. The molecule has 0 aliphatic heterocycles. The minimum atomic E-state index is 0.569. The quantitative estimate of drug-likeness (QED) is 0.846. The fourth-order valence-electron chi connectivity index (χ4n) is 1.63. The highest BCUT2D eigenvalue weighted by Crippen LogP contribution is 2.13. The van der Waals surface area contributed by atoms with Crippen molar-refractivity contribution in [3.63, 3.8) is 0 Å². The third-order valence-electron chi connectivity index (χ3n) is 2.38. The molecule has 1 aromatic heterocycles. The summed E-state index contributed by atoms with van der Waals surface area (Å²) >= 11 is 0. The fourth-order valence-corrected chi connectivity index (χ4v) is 1.63. The largest absolute Gasteiger partial charge is 0.494 e. The summed E-state index contributed by atoms with van der Waals surface area (Å²) in [5.41, 5.74) is 1.16. The van der Waals surface area contributed by atoms with Crippen molar-refractivity contribution >= 4 is 0 Å². The van der Waals surface area contributed by atoms with E-state index in [9.17, 15) is 0 Å². The van der Waals surface area contributed by atoms with Crippen LogP contribution in [0.3, 0.4) is 0 Å². The molecule has 2 aromatic rings. The van der Waals surface area contributed by atoms with Crippen molar-refractivity contribution in [2.45, 2.75) is 26.9 Å². The van der Waals surface area contributed by atoms with Gasteiger partial charge in [-0.2, -0.15) is 0 Å². The molecule has 0 radical (unpaired) electrons. The molecule has 0 unspecified atom stereocenters. The maximum atomic E-state index is 5.45. The van der Waals surface area contributed by atoms with Gasteiger partial charge in [0.2, 0.25) is 11.8 Å². The number of ether oxygens (including phenoxy) is 1. The van der Waals surface area contributed by atoms with Crippen LogP contribution in [0.5, 0.6) is 5.75 Å². The number of rotatable bonds is 6. The molecule has 0 fully saturated rings. The number of benzene rings is 1. The minimum Gasteiger partial charge on any atom is -0.494 e. The standard InChI is InChI=1S/C13H17N3O2/c1-3-17-12-6-4-5-11(7-12)8-14-9-13-16-15-10(2)18-13/h4-7,14H,3,8-9H2,1-2H3. The highest BCUT2D eigenvalue weighted by molar-refractivity contribution is 5.28. The molecule has 1 N–H and O–H groups in total. The predicted octanol–water partition coefficient (Wildman–Crippen LogP) is 2.07. The molecule has 18 heavy (non-hydrogen) atoms. The molecule has 0 saturated heterocycles. The van der Waals surface area contributed by atoms with Gasteiger partial charge in [-0.05, 0) is 24.6 Å². The van der Waals surface area contributed by atoms with Gasteiger partial charge in [0.1, 0.15) is 5.75 Å². The van der Waals surface area contributed by atoms with Gasteiger partial charge < -0.3 is 14.5 Å². The summed E-state index contributed by atoms with van der Waals surface area (Å²) in [5.74, 6) is 2.09. The van der Waals surface area contributed by atoms with E-state index in [1.807, 2.05) is 25.1 Å². The number of aryl methyl sites for hydroxylation is 1. The normalized spacial score (nSPS) is 10.6. The summed E-state index contributed by atoms with van der Waals surface area (Å²) in [4.78, 5) is 0. The number of aromatic nitrogens is 2. The lowest BCUT2D eigenvalue weighted by Gasteiger charge is -2.06. The highest BCUT2D eigenvalue weighted by Gasteiger charge is 2.01. The number of hydrogen-bond donors (Lipinski definition) is 1. The lowest BCUT2D eigenvalue weighted by molar-refractivity contribution is 0.340. The van der Waals surface area contributed by atoms with E-state index in [4.69, 9.17) is 9.15 Å². The topological polar surface area (TPSA) is 60.2 Å². The summed E-state index contributed by atoms with van der Waals surface area (Å²) in [6.07, 6.45) is 0. The third-order valence-corrected chi connectivity index (χ3v) is 2.38. The fraction of sp³-hybridized carbons (Fsp3) is 0.385. The van der Waals surface area contributed by atoms with Crippen molar-refractivity contribution in [3.05, 3.63) is 41.6 Å². The van der Waals surface area contributed by atoms with Crippen LogP contribution in [0.25, 0.3) is 0 Å². The maximum Gasteiger partial charge on any atom is 0.230 e. The van der Waals surface area contributed by atoms with Crippen molar-refractivity contribution in [2.24, 2.45) is 0 Å². The average molecular weight is 247 g/mol. The SMILES string of the molecule is CCOc1cccc(CNCc2nnc(C)o2)c1. The van der Waals surface area contributed by atoms with Crippen LogP contribution >= 0.6 is 0 Å². The first-order valence-corrected chi connectivity index (χ1v) is 5.99. The Balaban J connectivity index is 1.84. The molecule has 0 bridgehead atoms. The first-order valence-electron chi connectivity index (χ1n) is 5.99. The zero-order valence-corrected chi connectivity index (χ0v) is 10.6. The molecule has 0 atom stereocenters. The van der Waals surface area contributed by atoms with Gasteiger partial charge in [-0.25, -0.2) is 0 Å². The van der Waals surface area contributed by atoms with Crippen LogP contribution in [-0.2, 0) is 13.1 Å². The van der Waals surface area contributed by atoms with Crippen LogP contribution in [0.2, 0.25) is 0 Å². The molecular weight excluding hydrogens is 230 g/mol. The van der Waals surface area contributed by atoms with Gasteiger partial charge in [0.15, 0.2) is 0 Å². The predicted molar refractivity (Wildman–Crippen MR) is 67.2 cm³/mol. The minimum absolute atomic E-state index is 0.569. The van der Waals surface area contributed by atoms with Crippen LogP contribution in [0.4, 0.5) is 0 Å². The molecular formula is C13H17N3O2. The summed E-state index contributed by atoms with van der Waals surface area (Å²) < 4.78 is 10.7. The summed E-state index contributed by atoms with van der Waals surface area (Å²) in [7, 11) is 0. The van der Waals surface area contributed by atoms with Gasteiger partial charge >= 0.3 is 0 Å². The Morgan fingerprint density at radius 3 is 2.89 bits per heavy atom. The van der Waals surface area contributed by atoms with Crippen molar-refractivity contribution in [3.8, 4) is 5.75 Å². The van der Waals surface area contributed by atoms with Crippen molar-refractivity contribution in [1.29, 1.82) is 0 Å². The van der Waals surface area contributed by atoms with E-state index >= 15 is 0 Å². The third kappa shape index (κ3) is 3.56. The van der Waals surface area contributed by atoms with Crippen molar-refractivity contribution in [2.75, 3.05) is 6.61 Å². The Labute approximate surface area is 106 Å². The Kier molecular flexibility index (Phi) is 4.30. The van der Waals surface area contributed by atoms with Crippen LogP contribution in [0.1, 0.15) is 24.3 Å². The first kappa shape index (κ1) is 12.6. The average Bonchev–Trinajstić information content (AvgIpc) is 2.76. The van der Waals surface area contributed by atoms with Gasteiger partial charge in [0.25, 0.3) is 0 Å². The molecule has 0 aliphatic rings. The number of nitrogens with zero attached hydrogens (tertiary/aromatic N) is 2. The second-order valence-corrected chi connectivity index (χ2v) is 3.90. The van der Waals surface area contributed by atoms with Crippen molar-refractivity contribution in [1.82, 2.24) is 15.5 Å². The molecule has 5 nitrogen and oxygen atoms in total. The smallest absolute Gasteiger partial charge is 0.230 e. The van der Waals surface area contributed by atoms with E-state index in [0.29, 0.717) is 24.9 Å². The lowest BCUT2D eigenvalue weighted by Crippen LogP contribution is -2.13. The molecule has 1 heterocycles. The molecule has 0 spiro atoms. The van der Waals surface area contributed by atoms with Gasteiger partial charge in [-0.3, -0.25) is 0 Å². The monoisotopic (exact) mass is 247 g/mol. The Morgan fingerprint density at radius 2 is 2.17 bits per heavy atom. The molecule has 5 heteroatoms. The Bertz CT molecular complexity index is 496. The number of hydrogen-bond acceptors (Lipinski definition) is 5. The molecule has 0 amide bonds. The summed E-state index contributed by atoms with van der Waals surface area (Å²) in [5, 5.41) is 10.9. The molecule has 0 aliphatic carbocycles. The molecule has 96 valence electrons. The highest BCUT2D eigenvalue weighted by atomic mass is 16.5. The van der Waals surface area contributed by atoms with Crippen LogP contribution < -0.4 is 10.1 Å². The first-order chi connectivity index (χ1) is 8.78. The van der Waals surface area contributed by atoms with E-state index in [2.05, 4.69) is 21.6 Å². The molecule has 0 saturated carbocycles. The maximum absolute atomic E-state index is 5.45. The van der Waals surface area contributed by atoms with Gasteiger partial charge in [-0.15, -0.1) is 10.2 Å². The van der Waals surface area contributed by atoms with E-state index in [1.54, 1.807) is 6.92 Å². The van der Waals surface area contributed by atoms with E-state index in [0.717, 1.165) is 17.9 Å². The Morgan fingerprint density at radius 1 is 1.28 bits per heavy atom. The summed E-state index contributed by atoms with van der Waals surface area (Å²) in [6.45, 7) is 5.74. The van der Waals surface area contributed by atoms with Crippen LogP contribution in [0.15, 0.2) is 28.7 Å². The van der Waals surface area contributed by atoms with Crippen molar-refractivity contribution < 1.29 is 9.15 Å². The lowest BCUT2D eigenvalue weighted by atomic mass is 10.2. The molecule has 2 rings (SSSR count). The Hall–Kier alpha value is -1.88. The number of nitrogens with one attached hydrogen (secondary N) is 1. The van der Waals surface area contributed by atoms with Gasteiger partial charge in [-0.1, -0.05) is 12.1 Å². The van der Waals surface area contributed by atoms with Gasteiger partial charge in [0.05, 0.1) is 13.2 Å². The van der Waals surface area contributed by atoms with E-state index in [1.165, 1.54) is 0 Å². The zero-order valence-electron chi connectivity index (χ0n) is 10.6. The molecule has 1 aromatic carbocycles. The van der Waals surface area contributed by atoms with Crippen LogP contribution in [0, 0.1) is 6.92 Å². The van der Waals surface area contributed by atoms with E-state index in [-0.39, 0.29) is 0 Å². The summed E-state index contributed by atoms with van der Waals surface area (Å²) in [6, 6.07) is 8.01.